The first-order valence-corrected chi connectivity index (χ1v) is 4.60. The molecule has 0 aliphatic carbocycles. The molecule has 5 nitrogen and oxygen atoms in total. The van der Waals surface area contributed by atoms with Crippen LogP contribution in [0.5, 0.6) is 0 Å². The molecule has 1 aromatic rings. The van der Waals surface area contributed by atoms with Crippen LogP contribution in [0.1, 0.15) is 18.7 Å². The van der Waals surface area contributed by atoms with Crippen molar-refractivity contribution in [3.63, 3.8) is 0 Å². The summed E-state index contributed by atoms with van der Waals surface area (Å²) in [5.41, 5.74) is 0.912. The predicted molar refractivity (Wildman–Crippen MR) is 56.3 cm³/mol. The van der Waals surface area contributed by atoms with Crippen LogP contribution in [0.3, 0.4) is 0 Å². The minimum Gasteiger partial charge on any atom is -0.465 e. The van der Waals surface area contributed by atoms with Crippen molar-refractivity contribution in [3.8, 4) is 0 Å². The quantitative estimate of drug-likeness (QED) is 0.837. The van der Waals surface area contributed by atoms with Gasteiger partial charge in [0.15, 0.2) is 0 Å². The number of amides is 1. The maximum absolute atomic E-state index is 10.3. The number of hydrogen-bond acceptors (Lipinski definition) is 3. The molecule has 0 saturated heterocycles. The lowest BCUT2D eigenvalue weighted by atomic mass is 10.2. The number of ether oxygens (including phenoxy) is 1. The Bertz CT molecular complexity index is 370. The molecule has 15 heavy (non-hydrogen) atoms. The predicted octanol–water partition coefficient (Wildman–Crippen LogP) is 2.53. The number of carbonyl (C=O) groups is 1. The van der Waals surface area contributed by atoms with E-state index in [0.717, 1.165) is 0 Å². The second-order valence-corrected chi connectivity index (χ2v) is 3.31. The van der Waals surface area contributed by atoms with E-state index in [1.165, 1.54) is 12.3 Å². The van der Waals surface area contributed by atoms with Crippen molar-refractivity contribution in [2.75, 3.05) is 12.4 Å². The molecule has 0 spiro atoms. The summed E-state index contributed by atoms with van der Waals surface area (Å²) in [6.45, 7) is 1.80. The Kier molecular flexibility index (Phi) is 3.88. The molecule has 1 rings (SSSR count). The highest BCUT2D eigenvalue weighted by Gasteiger charge is 2.11. The van der Waals surface area contributed by atoms with Crippen molar-refractivity contribution < 1.29 is 14.6 Å². The standard InChI is InChI=1S/C9H11ClN2O3/c1-5(15-2)8-7(10)3-6(4-11-8)12-9(13)14/h3-5,12H,1-2H3,(H,13,14). The Hall–Kier alpha value is -1.33. The summed E-state index contributed by atoms with van der Waals surface area (Å²) in [6.07, 6.45) is 0.0157. The zero-order valence-corrected chi connectivity index (χ0v) is 9.08. The van der Waals surface area contributed by atoms with E-state index >= 15 is 0 Å². The van der Waals surface area contributed by atoms with E-state index in [0.29, 0.717) is 16.4 Å². The molecule has 0 aromatic carbocycles. The number of hydrogen-bond donors (Lipinski definition) is 2. The minimum atomic E-state index is -1.15. The summed E-state index contributed by atoms with van der Waals surface area (Å²) in [7, 11) is 1.55. The van der Waals surface area contributed by atoms with Crippen molar-refractivity contribution >= 4 is 23.4 Å². The third kappa shape index (κ3) is 3.07. The van der Waals surface area contributed by atoms with Crippen molar-refractivity contribution in [1.82, 2.24) is 4.98 Å². The average Bonchev–Trinajstić information content (AvgIpc) is 2.16. The number of aromatic nitrogens is 1. The normalized spacial score (nSPS) is 12.2. The van der Waals surface area contributed by atoms with Crippen LogP contribution in [0.2, 0.25) is 5.02 Å². The SMILES string of the molecule is COC(C)c1ncc(NC(=O)O)cc1Cl. The minimum absolute atomic E-state index is 0.226. The highest BCUT2D eigenvalue weighted by Crippen LogP contribution is 2.25. The monoisotopic (exact) mass is 230 g/mol. The molecule has 0 fully saturated rings. The van der Waals surface area contributed by atoms with Gasteiger partial charge in [0.2, 0.25) is 0 Å². The van der Waals surface area contributed by atoms with Crippen molar-refractivity contribution in [2.24, 2.45) is 0 Å². The molecular formula is C9H11ClN2O3. The molecule has 1 aromatic heterocycles. The van der Waals surface area contributed by atoms with Gasteiger partial charge < -0.3 is 9.84 Å². The van der Waals surface area contributed by atoms with Gasteiger partial charge in [0.25, 0.3) is 0 Å². The Morgan fingerprint density at radius 3 is 2.87 bits per heavy atom. The number of halogens is 1. The fraction of sp³-hybridized carbons (Fsp3) is 0.333. The molecular weight excluding hydrogens is 220 g/mol. The molecule has 0 saturated carbocycles. The molecule has 0 aliphatic rings. The first-order valence-electron chi connectivity index (χ1n) is 4.22. The van der Waals surface area contributed by atoms with Crippen LogP contribution in [0.25, 0.3) is 0 Å². The highest BCUT2D eigenvalue weighted by atomic mass is 35.5. The van der Waals surface area contributed by atoms with Gasteiger partial charge in [0, 0.05) is 7.11 Å². The lowest BCUT2D eigenvalue weighted by molar-refractivity contribution is 0.116. The van der Waals surface area contributed by atoms with Crippen LogP contribution in [0, 0.1) is 0 Å². The van der Waals surface area contributed by atoms with Crippen molar-refractivity contribution in [3.05, 3.63) is 23.0 Å². The number of rotatable bonds is 3. The average molecular weight is 231 g/mol. The zero-order valence-electron chi connectivity index (χ0n) is 8.32. The van der Waals surface area contributed by atoms with E-state index in [1.807, 2.05) is 0 Å². The summed E-state index contributed by atoms with van der Waals surface area (Å²) in [5.74, 6) is 0. The van der Waals surface area contributed by atoms with Gasteiger partial charge in [-0.15, -0.1) is 0 Å². The third-order valence-corrected chi connectivity index (χ3v) is 2.16. The summed E-state index contributed by atoms with van der Waals surface area (Å²) in [5, 5.41) is 11.0. The van der Waals surface area contributed by atoms with E-state index in [9.17, 15) is 4.79 Å². The first kappa shape index (κ1) is 11.7. The smallest absolute Gasteiger partial charge is 0.409 e. The number of pyridine rings is 1. The van der Waals surface area contributed by atoms with E-state index in [1.54, 1.807) is 14.0 Å². The van der Waals surface area contributed by atoms with Crippen molar-refractivity contribution in [2.45, 2.75) is 13.0 Å². The zero-order chi connectivity index (χ0) is 11.4. The lowest BCUT2D eigenvalue weighted by Crippen LogP contribution is -2.08. The first-order chi connectivity index (χ1) is 7.04. The van der Waals surface area contributed by atoms with Gasteiger partial charge in [0.05, 0.1) is 28.7 Å². The third-order valence-electron chi connectivity index (χ3n) is 1.86. The molecule has 1 atom stereocenters. The molecule has 82 valence electrons. The van der Waals surface area contributed by atoms with Gasteiger partial charge in [-0.2, -0.15) is 0 Å². The molecule has 1 heterocycles. The number of anilines is 1. The number of carboxylic acid groups (broad SMARTS) is 1. The van der Waals surface area contributed by atoms with Gasteiger partial charge in [-0.25, -0.2) is 4.79 Å². The van der Waals surface area contributed by atoms with E-state index in [2.05, 4.69) is 10.3 Å². The van der Waals surface area contributed by atoms with Gasteiger partial charge in [0.1, 0.15) is 0 Å². The van der Waals surface area contributed by atoms with Gasteiger partial charge >= 0.3 is 6.09 Å². The highest BCUT2D eigenvalue weighted by molar-refractivity contribution is 6.31. The Morgan fingerprint density at radius 2 is 2.40 bits per heavy atom. The number of nitrogens with one attached hydrogen (secondary N) is 1. The van der Waals surface area contributed by atoms with Gasteiger partial charge in [-0.3, -0.25) is 10.3 Å². The largest absolute Gasteiger partial charge is 0.465 e. The Balaban J connectivity index is 2.92. The Morgan fingerprint density at radius 1 is 1.73 bits per heavy atom. The van der Waals surface area contributed by atoms with Crippen LogP contribution >= 0.6 is 11.6 Å². The van der Waals surface area contributed by atoms with E-state index in [4.69, 9.17) is 21.4 Å². The molecule has 2 N–H and O–H groups in total. The second-order valence-electron chi connectivity index (χ2n) is 2.90. The molecule has 1 amide bonds. The second kappa shape index (κ2) is 4.95. The number of methoxy groups -OCH3 is 1. The van der Waals surface area contributed by atoms with E-state index in [-0.39, 0.29) is 6.10 Å². The van der Waals surface area contributed by atoms with Crippen LogP contribution in [0.15, 0.2) is 12.3 Å². The number of nitrogens with zero attached hydrogens (tertiary/aromatic N) is 1. The van der Waals surface area contributed by atoms with Gasteiger partial charge in [-0.1, -0.05) is 11.6 Å². The summed E-state index contributed by atoms with van der Waals surface area (Å²) in [6, 6.07) is 1.49. The topological polar surface area (TPSA) is 71.5 Å². The van der Waals surface area contributed by atoms with Gasteiger partial charge in [-0.05, 0) is 13.0 Å². The molecule has 0 aliphatic heterocycles. The lowest BCUT2D eigenvalue weighted by Gasteiger charge is -2.11. The molecule has 6 heteroatoms. The van der Waals surface area contributed by atoms with Crippen LogP contribution < -0.4 is 5.32 Å². The van der Waals surface area contributed by atoms with Crippen LogP contribution in [-0.2, 0) is 4.74 Å². The fourth-order valence-electron chi connectivity index (χ4n) is 1.05. The van der Waals surface area contributed by atoms with Crippen LogP contribution in [-0.4, -0.2) is 23.3 Å². The summed E-state index contributed by atoms with van der Waals surface area (Å²) in [4.78, 5) is 14.4. The fourth-order valence-corrected chi connectivity index (χ4v) is 1.37. The summed E-state index contributed by atoms with van der Waals surface area (Å²) >= 11 is 5.91. The maximum atomic E-state index is 10.3. The summed E-state index contributed by atoms with van der Waals surface area (Å²) < 4.78 is 5.05. The van der Waals surface area contributed by atoms with Crippen LogP contribution in [0.4, 0.5) is 10.5 Å². The molecule has 0 radical (unpaired) electrons. The molecule has 0 bridgehead atoms. The van der Waals surface area contributed by atoms with Crippen molar-refractivity contribution in [1.29, 1.82) is 0 Å². The van der Waals surface area contributed by atoms with E-state index < -0.39 is 6.09 Å². The Labute approximate surface area is 92.0 Å². The molecule has 1 unspecified atom stereocenters. The maximum Gasteiger partial charge on any atom is 0.409 e.